The van der Waals surface area contributed by atoms with Gasteiger partial charge in [-0.1, -0.05) is 6.58 Å². The van der Waals surface area contributed by atoms with Crippen molar-refractivity contribution in [2.45, 2.75) is 6.92 Å². The molecule has 5 nitrogen and oxygen atoms in total. The normalized spacial score (nSPS) is 9.88. The van der Waals surface area contributed by atoms with E-state index < -0.39 is 5.91 Å². The molecule has 0 radical (unpaired) electrons. The number of pyridine rings is 1. The van der Waals surface area contributed by atoms with Crippen molar-refractivity contribution in [3.8, 4) is 0 Å². The minimum Gasteiger partial charge on any atom is -0.366 e. The number of quaternary nitrogens is 1. The summed E-state index contributed by atoms with van der Waals surface area (Å²) in [5.74, 6) is 0.0972. The molecule has 0 aromatic carbocycles. The Morgan fingerprint density at radius 1 is 1.62 bits per heavy atom. The Kier molecular flexibility index (Phi) is 3.52. The van der Waals surface area contributed by atoms with Gasteiger partial charge >= 0.3 is 0 Å². The highest BCUT2D eigenvalue weighted by Crippen LogP contribution is 2.15. The van der Waals surface area contributed by atoms with Crippen LogP contribution in [0.15, 0.2) is 12.6 Å². The predicted octanol–water partition coefficient (Wildman–Crippen LogP) is 0.0360. The Morgan fingerprint density at radius 3 is 2.62 bits per heavy atom. The minimum absolute atomic E-state index is 0.294. The lowest BCUT2D eigenvalue weighted by atomic mass is 10.1. The van der Waals surface area contributed by atoms with Gasteiger partial charge in [-0.25, -0.2) is 0 Å². The van der Waals surface area contributed by atoms with E-state index in [1.165, 1.54) is 6.08 Å². The molecule has 1 amide bonds. The van der Waals surface area contributed by atoms with Gasteiger partial charge < -0.3 is 11.1 Å². The fourth-order valence-electron chi connectivity index (χ4n) is 1.42. The summed E-state index contributed by atoms with van der Waals surface area (Å²) in [6.45, 7) is 5.23. The van der Waals surface area contributed by atoms with Crippen LogP contribution < -0.4 is 11.1 Å². The van der Waals surface area contributed by atoms with E-state index >= 15 is 0 Å². The van der Waals surface area contributed by atoms with Crippen molar-refractivity contribution in [2.75, 3.05) is 7.05 Å². The smallest absolute Gasteiger partial charge is 0.250 e. The predicted molar refractivity (Wildman–Crippen MR) is 62.9 cm³/mol. The van der Waals surface area contributed by atoms with Crippen LogP contribution in [0.4, 0.5) is 5.82 Å². The molecule has 0 spiro atoms. The monoisotopic (exact) mass is 219 g/mol. The second-order valence-corrected chi connectivity index (χ2v) is 3.34. The molecule has 5 N–H and O–H groups in total. The summed E-state index contributed by atoms with van der Waals surface area (Å²) < 4.78 is 0. The Hall–Kier alpha value is -2.01. The van der Waals surface area contributed by atoms with Gasteiger partial charge in [0.1, 0.15) is 0 Å². The van der Waals surface area contributed by atoms with Gasteiger partial charge in [0.25, 0.3) is 5.91 Å². The van der Waals surface area contributed by atoms with E-state index in [4.69, 9.17) is 11.1 Å². The van der Waals surface area contributed by atoms with Crippen molar-refractivity contribution in [3.63, 3.8) is 0 Å². The Morgan fingerprint density at radius 2 is 2.25 bits per heavy atom. The molecule has 1 aromatic heterocycles. The molecule has 84 valence electrons. The lowest BCUT2D eigenvalue weighted by Crippen LogP contribution is -2.74. The number of hydrogen-bond donors (Lipinski definition) is 3. The molecular formula is C11H15N4O+. The van der Waals surface area contributed by atoms with E-state index in [0.29, 0.717) is 28.4 Å². The number of amides is 1. The summed E-state index contributed by atoms with van der Waals surface area (Å²) in [6, 6.07) is 1.59. The topological polar surface area (TPSA) is 96.4 Å². The highest BCUT2D eigenvalue weighted by molar-refractivity contribution is 6.03. The molecule has 1 aromatic rings. The number of aromatic nitrogens is 1. The van der Waals surface area contributed by atoms with Gasteiger partial charge in [0, 0.05) is 5.71 Å². The molecule has 0 saturated carbocycles. The zero-order valence-corrected chi connectivity index (χ0v) is 9.37. The zero-order chi connectivity index (χ0) is 12.3. The number of carbonyl (C=O) groups excluding carboxylic acids is 1. The lowest BCUT2D eigenvalue weighted by Gasteiger charge is -2.07. The highest BCUT2D eigenvalue weighted by atomic mass is 16.1. The maximum atomic E-state index is 11.2. The molecule has 16 heavy (non-hydrogen) atoms. The van der Waals surface area contributed by atoms with Gasteiger partial charge in [-0.15, -0.1) is 0 Å². The van der Waals surface area contributed by atoms with Gasteiger partial charge in [-0.3, -0.25) is 10.1 Å². The maximum Gasteiger partial charge on any atom is 0.250 e. The van der Waals surface area contributed by atoms with Crippen LogP contribution in [0.3, 0.4) is 0 Å². The molecule has 0 fully saturated rings. The Bertz CT molecular complexity index is 465. The van der Waals surface area contributed by atoms with Gasteiger partial charge in [-0.2, -0.15) is 4.98 Å². The highest BCUT2D eigenvalue weighted by Gasteiger charge is 2.16. The van der Waals surface area contributed by atoms with E-state index in [-0.39, 0.29) is 0 Å². The fraction of sp³-hybridized carbons (Fsp3) is 0.182. The maximum absolute atomic E-state index is 11.2. The molecular weight excluding hydrogens is 204 g/mol. The number of nitrogens with two attached hydrogens (primary N) is 2. The SMILES string of the molecule is C=Cc1nc([NH2+]C)c(C(C)=N)cc1C(N)=O. The molecule has 0 aliphatic carbocycles. The van der Waals surface area contributed by atoms with Crippen LogP contribution in [0.25, 0.3) is 6.08 Å². The van der Waals surface area contributed by atoms with Crippen LogP contribution in [-0.2, 0) is 0 Å². The number of rotatable bonds is 4. The third-order valence-electron chi connectivity index (χ3n) is 2.22. The number of carbonyl (C=O) groups is 1. The Labute approximate surface area is 93.9 Å². The van der Waals surface area contributed by atoms with E-state index in [9.17, 15) is 4.79 Å². The van der Waals surface area contributed by atoms with Crippen LogP contribution in [0.2, 0.25) is 0 Å². The number of nitrogens with one attached hydrogen (secondary N) is 1. The summed E-state index contributed by atoms with van der Waals surface area (Å²) >= 11 is 0. The van der Waals surface area contributed by atoms with Crippen LogP contribution in [0, 0.1) is 5.41 Å². The Balaban J connectivity index is 3.52. The molecule has 1 rings (SSSR count). The van der Waals surface area contributed by atoms with Crippen LogP contribution in [0.5, 0.6) is 0 Å². The van der Waals surface area contributed by atoms with Gasteiger partial charge in [0.05, 0.1) is 23.9 Å². The van der Waals surface area contributed by atoms with Crippen molar-refractivity contribution in [1.29, 1.82) is 5.41 Å². The largest absolute Gasteiger partial charge is 0.366 e. The number of nitrogens with zero attached hydrogens (tertiary/aromatic N) is 1. The van der Waals surface area contributed by atoms with Crippen molar-refractivity contribution in [3.05, 3.63) is 29.5 Å². The third-order valence-corrected chi connectivity index (χ3v) is 2.22. The van der Waals surface area contributed by atoms with Crippen LogP contribution >= 0.6 is 0 Å². The molecule has 0 saturated heterocycles. The summed E-state index contributed by atoms with van der Waals surface area (Å²) in [4.78, 5) is 15.4. The molecule has 0 bridgehead atoms. The quantitative estimate of drug-likeness (QED) is 0.623. The van der Waals surface area contributed by atoms with E-state index in [1.807, 2.05) is 7.05 Å². The van der Waals surface area contributed by atoms with E-state index in [2.05, 4.69) is 11.6 Å². The van der Waals surface area contributed by atoms with Crippen LogP contribution in [-0.4, -0.2) is 23.7 Å². The van der Waals surface area contributed by atoms with Gasteiger partial charge in [0.2, 0.25) is 5.82 Å². The second kappa shape index (κ2) is 4.67. The standard InChI is InChI=1S/C11H14N4O/c1-4-9-8(10(13)16)5-7(6(2)12)11(14-3)15-9/h4-5,12H,1H2,2-3H3,(H2,13,16)(H,14,15)/p+1. The molecule has 0 aliphatic rings. The first-order chi connectivity index (χ1) is 7.51. The molecule has 5 heteroatoms. The summed E-state index contributed by atoms with van der Waals surface area (Å²) in [7, 11) is 1.82. The van der Waals surface area contributed by atoms with Crippen molar-refractivity contribution in [2.24, 2.45) is 5.73 Å². The van der Waals surface area contributed by atoms with E-state index in [1.54, 1.807) is 18.3 Å². The first-order valence-electron chi connectivity index (χ1n) is 4.83. The first-order valence-corrected chi connectivity index (χ1v) is 4.83. The van der Waals surface area contributed by atoms with Crippen molar-refractivity contribution < 1.29 is 10.1 Å². The van der Waals surface area contributed by atoms with Gasteiger partial charge in [0.15, 0.2) is 0 Å². The van der Waals surface area contributed by atoms with Crippen LogP contribution in [0.1, 0.15) is 28.5 Å². The molecule has 0 unspecified atom stereocenters. The second-order valence-electron chi connectivity index (χ2n) is 3.34. The van der Waals surface area contributed by atoms with E-state index in [0.717, 1.165) is 0 Å². The van der Waals surface area contributed by atoms with Crippen molar-refractivity contribution >= 4 is 23.5 Å². The average Bonchev–Trinajstić information content (AvgIpc) is 2.26. The lowest BCUT2D eigenvalue weighted by molar-refractivity contribution is -0.543. The molecule has 0 aliphatic heterocycles. The summed E-state index contributed by atoms with van der Waals surface area (Å²) in [5.41, 5.74) is 6.95. The number of hydrogen-bond acceptors (Lipinski definition) is 3. The summed E-state index contributed by atoms with van der Waals surface area (Å²) in [5, 5.41) is 9.39. The van der Waals surface area contributed by atoms with Crippen molar-refractivity contribution in [1.82, 2.24) is 4.98 Å². The number of primary amides is 1. The minimum atomic E-state index is -0.562. The average molecular weight is 219 g/mol. The molecule has 1 heterocycles. The zero-order valence-electron chi connectivity index (χ0n) is 9.37. The fourth-order valence-corrected chi connectivity index (χ4v) is 1.42. The third kappa shape index (κ3) is 2.14. The first kappa shape index (κ1) is 12.1. The van der Waals surface area contributed by atoms with Gasteiger partial charge in [-0.05, 0) is 19.1 Å². The summed E-state index contributed by atoms with van der Waals surface area (Å²) in [6.07, 6.45) is 1.48. The molecule has 0 atom stereocenters.